The zero-order valence-corrected chi connectivity index (χ0v) is 14.1. The molecule has 24 heavy (non-hydrogen) atoms. The van der Waals surface area contributed by atoms with Crippen molar-refractivity contribution in [3.63, 3.8) is 0 Å². The molecule has 1 fully saturated rings. The van der Waals surface area contributed by atoms with Crippen LogP contribution in [0.5, 0.6) is 0 Å². The molecular formula is C17H16ClN3O3. The first-order valence-electron chi connectivity index (χ1n) is 7.53. The number of carbonyl (C=O) groups is 3. The van der Waals surface area contributed by atoms with Crippen molar-refractivity contribution in [1.82, 2.24) is 14.8 Å². The number of halogens is 1. The summed E-state index contributed by atoms with van der Waals surface area (Å²) in [5, 5.41) is 4.16. The maximum Gasteiger partial charge on any atom is 0.182 e. The second-order valence-electron chi connectivity index (χ2n) is 6.75. The monoisotopic (exact) mass is 345 g/mol. The minimum Gasteiger partial charge on any atom is -0.298 e. The Morgan fingerprint density at radius 2 is 1.92 bits per heavy atom. The molecule has 6 nitrogen and oxygen atoms in total. The van der Waals surface area contributed by atoms with E-state index in [1.165, 1.54) is 23.4 Å². The predicted molar refractivity (Wildman–Crippen MR) is 87.2 cm³/mol. The molecule has 2 aromatic rings. The van der Waals surface area contributed by atoms with Crippen molar-refractivity contribution in [3.8, 4) is 5.69 Å². The van der Waals surface area contributed by atoms with E-state index in [-0.39, 0.29) is 35.0 Å². The minimum atomic E-state index is -1.24. The van der Waals surface area contributed by atoms with Gasteiger partial charge in [-0.15, -0.1) is 0 Å². The van der Waals surface area contributed by atoms with Crippen LogP contribution < -0.4 is 0 Å². The van der Waals surface area contributed by atoms with E-state index in [0.717, 1.165) is 0 Å². The number of aromatic nitrogens is 3. The van der Waals surface area contributed by atoms with Gasteiger partial charge in [-0.1, -0.05) is 25.4 Å². The summed E-state index contributed by atoms with van der Waals surface area (Å²) in [6.45, 7) is 3.70. The molecule has 1 aliphatic carbocycles. The van der Waals surface area contributed by atoms with Gasteiger partial charge in [-0.25, -0.2) is 9.67 Å². The Labute approximate surface area is 143 Å². The van der Waals surface area contributed by atoms with E-state index in [4.69, 9.17) is 11.6 Å². The molecule has 0 aliphatic heterocycles. The first-order valence-corrected chi connectivity index (χ1v) is 7.90. The zero-order chi connectivity index (χ0) is 17.5. The molecule has 0 amide bonds. The highest BCUT2D eigenvalue weighted by Gasteiger charge is 2.43. The Bertz CT molecular complexity index is 808. The molecule has 1 aromatic carbocycles. The van der Waals surface area contributed by atoms with Gasteiger partial charge in [0.25, 0.3) is 0 Å². The second kappa shape index (κ2) is 5.94. The number of benzene rings is 1. The maximum atomic E-state index is 12.7. The van der Waals surface area contributed by atoms with Crippen LogP contribution in [-0.2, 0) is 9.59 Å². The molecule has 1 aromatic heterocycles. The summed E-state index contributed by atoms with van der Waals surface area (Å²) < 4.78 is 1.50. The second-order valence-corrected chi connectivity index (χ2v) is 7.16. The molecule has 0 bridgehead atoms. The number of rotatable bonds is 3. The Kier molecular flexibility index (Phi) is 4.09. The number of hydrogen-bond acceptors (Lipinski definition) is 5. The van der Waals surface area contributed by atoms with E-state index in [9.17, 15) is 14.4 Å². The van der Waals surface area contributed by atoms with Gasteiger partial charge in [0.2, 0.25) is 0 Å². The Morgan fingerprint density at radius 3 is 2.46 bits per heavy atom. The summed E-state index contributed by atoms with van der Waals surface area (Å²) in [6, 6.07) is 4.72. The van der Waals surface area contributed by atoms with Crippen LogP contribution in [-0.4, -0.2) is 32.1 Å². The fourth-order valence-corrected chi connectivity index (χ4v) is 3.29. The van der Waals surface area contributed by atoms with E-state index in [2.05, 4.69) is 10.1 Å². The number of Topliss-reactive ketones (excluding diaryl/α,β-unsaturated/α-hetero) is 3. The van der Waals surface area contributed by atoms with E-state index in [1.54, 1.807) is 12.1 Å². The SMILES string of the molecule is CC1(C)CC(=O)C(C(=O)c2ccc(-n3cncn3)cc2Cl)C(=O)C1. The van der Waals surface area contributed by atoms with Crippen LogP contribution in [0.15, 0.2) is 30.9 Å². The average molecular weight is 346 g/mol. The molecule has 1 heterocycles. The highest BCUT2D eigenvalue weighted by molar-refractivity contribution is 6.36. The molecule has 0 spiro atoms. The smallest absolute Gasteiger partial charge is 0.182 e. The highest BCUT2D eigenvalue weighted by Crippen LogP contribution is 2.36. The van der Waals surface area contributed by atoms with E-state index < -0.39 is 17.1 Å². The van der Waals surface area contributed by atoms with Crippen molar-refractivity contribution in [2.75, 3.05) is 0 Å². The Hall–Kier alpha value is -2.34. The summed E-state index contributed by atoms with van der Waals surface area (Å²) >= 11 is 6.21. The van der Waals surface area contributed by atoms with Gasteiger partial charge in [-0.2, -0.15) is 5.10 Å². The van der Waals surface area contributed by atoms with Crippen LogP contribution in [0.2, 0.25) is 5.02 Å². The van der Waals surface area contributed by atoms with E-state index in [0.29, 0.717) is 5.69 Å². The normalized spacial score (nSPS) is 18.0. The average Bonchev–Trinajstić information content (AvgIpc) is 2.98. The number of ketones is 3. The van der Waals surface area contributed by atoms with Crippen molar-refractivity contribution in [3.05, 3.63) is 41.4 Å². The fourth-order valence-electron chi connectivity index (χ4n) is 3.03. The fraction of sp³-hybridized carbons (Fsp3) is 0.353. The summed E-state index contributed by atoms with van der Waals surface area (Å²) in [5.41, 5.74) is 0.412. The third kappa shape index (κ3) is 3.01. The lowest BCUT2D eigenvalue weighted by atomic mass is 9.70. The van der Waals surface area contributed by atoms with Gasteiger partial charge in [0.1, 0.15) is 18.6 Å². The lowest BCUT2D eigenvalue weighted by Gasteiger charge is -2.31. The molecule has 0 radical (unpaired) electrons. The van der Waals surface area contributed by atoms with Gasteiger partial charge in [-0.3, -0.25) is 14.4 Å². The molecule has 1 saturated carbocycles. The van der Waals surface area contributed by atoms with E-state index in [1.807, 2.05) is 13.8 Å². The van der Waals surface area contributed by atoms with Crippen molar-refractivity contribution in [2.24, 2.45) is 11.3 Å². The topological polar surface area (TPSA) is 81.9 Å². The minimum absolute atomic E-state index is 0.173. The zero-order valence-electron chi connectivity index (χ0n) is 13.3. The lowest BCUT2D eigenvalue weighted by molar-refractivity contribution is -0.137. The summed E-state index contributed by atoms with van der Waals surface area (Å²) in [5.74, 6) is -2.45. The van der Waals surface area contributed by atoms with Crippen molar-refractivity contribution < 1.29 is 14.4 Å². The first-order chi connectivity index (χ1) is 11.3. The molecule has 3 rings (SSSR count). The van der Waals surface area contributed by atoms with Gasteiger partial charge in [0, 0.05) is 18.4 Å². The van der Waals surface area contributed by atoms with Crippen molar-refractivity contribution in [2.45, 2.75) is 26.7 Å². The van der Waals surface area contributed by atoms with Crippen LogP contribution in [0.25, 0.3) is 5.69 Å². The predicted octanol–water partition coefficient (Wildman–Crippen LogP) is 2.68. The molecule has 1 aliphatic rings. The van der Waals surface area contributed by atoms with Crippen molar-refractivity contribution in [1.29, 1.82) is 0 Å². The van der Waals surface area contributed by atoms with Gasteiger partial charge >= 0.3 is 0 Å². The van der Waals surface area contributed by atoms with Gasteiger partial charge in [0.15, 0.2) is 17.3 Å². The highest BCUT2D eigenvalue weighted by atomic mass is 35.5. The van der Waals surface area contributed by atoms with Crippen LogP contribution in [0.4, 0.5) is 0 Å². The quantitative estimate of drug-likeness (QED) is 0.631. The maximum absolute atomic E-state index is 12.7. The summed E-state index contributed by atoms with van der Waals surface area (Å²) in [4.78, 5) is 41.1. The molecule has 124 valence electrons. The number of hydrogen-bond donors (Lipinski definition) is 0. The molecule has 0 atom stereocenters. The van der Waals surface area contributed by atoms with Crippen LogP contribution >= 0.6 is 11.6 Å². The Balaban J connectivity index is 1.90. The van der Waals surface area contributed by atoms with Crippen LogP contribution in [0.1, 0.15) is 37.0 Å². The molecule has 0 N–H and O–H groups in total. The van der Waals surface area contributed by atoms with E-state index >= 15 is 0 Å². The largest absolute Gasteiger partial charge is 0.298 e. The van der Waals surface area contributed by atoms with Crippen LogP contribution in [0.3, 0.4) is 0 Å². The molecule has 7 heteroatoms. The van der Waals surface area contributed by atoms with Gasteiger partial charge < -0.3 is 0 Å². The van der Waals surface area contributed by atoms with Crippen molar-refractivity contribution >= 4 is 29.0 Å². The molecule has 0 unspecified atom stereocenters. The third-order valence-corrected chi connectivity index (χ3v) is 4.43. The first kappa shape index (κ1) is 16.5. The van der Waals surface area contributed by atoms with Gasteiger partial charge in [-0.05, 0) is 23.6 Å². The summed E-state index contributed by atoms with van der Waals surface area (Å²) in [7, 11) is 0. The third-order valence-electron chi connectivity index (χ3n) is 4.11. The number of carbonyl (C=O) groups excluding carboxylic acids is 3. The lowest BCUT2D eigenvalue weighted by Crippen LogP contribution is -2.41. The molecular weight excluding hydrogens is 330 g/mol. The van der Waals surface area contributed by atoms with Crippen LogP contribution in [0, 0.1) is 11.3 Å². The summed E-state index contributed by atoms with van der Waals surface area (Å²) in [6.07, 6.45) is 3.31. The number of nitrogens with zero attached hydrogens (tertiary/aromatic N) is 3. The van der Waals surface area contributed by atoms with Gasteiger partial charge in [0.05, 0.1) is 10.7 Å². The standard InChI is InChI=1S/C17H16ClN3O3/c1-17(2)6-13(22)15(14(23)7-17)16(24)11-4-3-10(5-12(11)18)21-9-19-8-20-21/h3-5,8-9,15H,6-7H2,1-2H3. The molecule has 0 saturated heterocycles. The Morgan fingerprint density at radius 1 is 1.25 bits per heavy atom.